The maximum atomic E-state index is 11.8. The van der Waals surface area contributed by atoms with Crippen LogP contribution in [0.2, 0.25) is 0 Å². The van der Waals surface area contributed by atoms with Crippen molar-refractivity contribution in [2.45, 2.75) is 32.1 Å². The van der Waals surface area contributed by atoms with Gasteiger partial charge in [-0.05, 0) is 44.2 Å². The minimum atomic E-state index is -0.275. The Hall–Kier alpha value is -1.97. The van der Waals surface area contributed by atoms with Crippen molar-refractivity contribution in [2.24, 2.45) is 0 Å². The molecular formula is C15H19NO3. The fourth-order valence-electron chi connectivity index (χ4n) is 2.30. The van der Waals surface area contributed by atoms with E-state index in [0.29, 0.717) is 6.54 Å². The Labute approximate surface area is 112 Å². The van der Waals surface area contributed by atoms with Crippen molar-refractivity contribution >= 4 is 5.91 Å². The highest BCUT2D eigenvalue weighted by atomic mass is 16.3. The van der Waals surface area contributed by atoms with Crippen molar-refractivity contribution in [2.75, 3.05) is 6.54 Å². The molecular weight excluding hydrogens is 242 g/mol. The van der Waals surface area contributed by atoms with Gasteiger partial charge in [0.05, 0.1) is 0 Å². The van der Waals surface area contributed by atoms with E-state index >= 15 is 0 Å². The zero-order valence-electron chi connectivity index (χ0n) is 10.9. The number of nitrogens with one attached hydrogen (secondary N) is 1. The number of amides is 1. The number of hydrogen-bond acceptors (Lipinski definition) is 3. The van der Waals surface area contributed by atoms with Gasteiger partial charge in [0.1, 0.15) is 11.5 Å². The predicted octanol–water partition coefficient (Wildman–Crippen LogP) is 2.72. The monoisotopic (exact) mass is 261 g/mol. The van der Waals surface area contributed by atoms with Crippen molar-refractivity contribution < 1.29 is 15.0 Å². The number of allylic oxidation sites excluding steroid dienone is 1. The van der Waals surface area contributed by atoms with Crippen molar-refractivity contribution in [3.8, 4) is 11.5 Å². The lowest BCUT2D eigenvalue weighted by atomic mass is 9.97. The summed E-state index contributed by atoms with van der Waals surface area (Å²) in [4.78, 5) is 11.8. The van der Waals surface area contributed by atoms with Gasteiger partial charge in [0.2, 0.25) is 0 Å². The van der Waals surface area contributed by atoms with Crippen LogP contribution < -0.4 is 5.32 Å². The topological polar surface area (TPSA) is 69.6 Å². The molecule has 3 N–H and O–H groups in total. The summed E-state index contributed by atoms with van der Waals surface area (Å²) in [6, 6.07) is 3.88. The molecule has 1 aromatic carbocycles. The number of rotatable bonds is 4. The number of hydrogen-bond donors (Lipinski definition) is 3. The van der Waals surface area contributed by atoms with E-state index in [9.17, 15) is 15.0 Å². The number of aromatic hydroxyl groups is 2. The molecule has 0 heterocycles. The van der Waals surface area contributed by atoms with E-state index in [-0.39, 0.29) is 23.0 Å². The summed E-state index contributed by atoms with van der Waals surface area (Å²) in [5.41, 5.74) is 1.68. The molecule has 1 aliphatic carbocycles. The van der Waals surface area contributed by atoms with Crippen LogP contribution in [-0.4, -0.2) is 22.7 Å². The van der Waals surface area contributed by atoms with Crippen LogP contribution in [-0.2, 0) is 0 Å². The van der Waals surface area contributed by atoms with Gasteiger partial charge in [-0.3, -0.25) is 4.79 Å². The highest BCUT2D eigenvalue weighted by Gasteiger charge is 2.09. The Morgan fingerprint density at radius 3 is 2.53 bits per heavy atom. The number of benzene rings is 1. The summed E-state index contributed by atoms with van der Waals surface area (Å²) in [5, 5.41) is 21.4. The summed E-state index contributed by atoms with van der Waals surface area (Å²) in [5.74, 6) is -0.497. The molecule has 102 valence electrons. The van der Waals surface area contributed by atoms with E-state index < -0.39 is 0 Å². The highest BCUT2D eigenvalue weighted by molar-refractivity contribution is 5.95. The molecule has 0 unspecified atom stereocenters. The summed E-state index contributed by atoms with van der Waals surface area (Å²) >= 11 is 0. The molecule has 0 saturated heterocycles. The molecule has 0 aliphatic heterocycles. The van der Waals surface area contributed by atoms with Gasteiger partial charge < -0.3 is 15.5 Å². The number of phenols is 2. The van der Waals surface area contributed by atoms with Crippen LogP contribution >= 0.6 is 0 Å². The van der Waals surface area contributed by atoms with Gasteiger partial charge in [-0.25, -0.2) is 0 Å². The zero-order valence-corrected chi connectivity index (χ0v) is 10.9. The van der Waals surface area contributed by atoms with Crippen LogP contribution in [0.4, 0.5) is 0 Å². The smallest absolute Gasteiger partial charge is 0.251 e. The lowest BCUT2D eigenvalue weighted by Gasteiger charge is -2.13. The first-order valence-electron chi connectivity index (χ1n) is 6.64. The third-order valence-corrected chi connectivity index (χ3v) is 3.28. The van der Waals surface area contributed by atoms with Crippen LogP contribution in [0.5, 0.6) is 11.5 Å². The van der Waals surface area contributed by atoms with E-state index in [0.717, 1.165) is 19.3 Å². The largest absolute Gasteiger partial charge is 0.508 e. The minimum absolute atomic E-state index is 0.111. The van der Waals surface area contributed by atoms with E-state index in [4.69, 9.17) is 0 Å². The molecule has 1 aliphatic rings. The second-order valence-electron chi connectivity index (χ2n) is 4.85. The average molecular weight is 261 g/mol. The minimum Gasteiger partial charge on any atom is -0.508 e. The molecule has 0 bridgehead atoms. The quantitative estimate of drug-likeness (QED) is 0.730. The predicted molar refractivity (Wildman–Crippen MR) is 73.3 cm³/mol. The summed E-state index contributed by atoms with van der Waals surface area (Å²) in [7, 11) is 0. The lowest BCUT2D eigenvalue weighted by Crippen LogP contribution is -2.24. The number of carbonyl (C=O) groups is 1. The molecule has 4 nitrogen and oxygen atoms in total. The Morgan fingerprint density at radius 1 is 1.16 bits per heavy atom. The first-order chi connectivity index (χ1) is 9.15. The van der Waals surface area contributed by atoms with Gasteiger partial charge in [0.25, 0.3) is 5.91 Å². The van der Waals surface area contributed by atoms with Gasteiger partial charge in [-0.15, -0.1) is 0 Å². The Morgan fingerprint density at radius 2 is 1.89 bits per heavy atom. The highest BCUT2D eigenvalue weighted by Crippen LogP contribution is 2.21. The van der Waals surface area contributed by atoms with E-state index in [2.05, 4.69) is 11.4 Å². The maximum Gasteiger partial charge on any atom is 0.251 e. The SMILES string of the molecule is O=C(NCCC1=CCCCC1)c1cc(O)cc(O)c1. The van der Waals surface area contributed by atoms with Gasteiger partial charge in [-0.2, -0.15) is 0 Å². The molecule has 0 aromatic heterocycles. The summed E-state index contributed by atoms with van der Waals surface area (Å²) < 4.78 is 0. The van der Waals surface area contributed by atoms with Gasteiger partial charge in [-0.1, -0.05) is 11.6 Å². The Kier molecular flexibility index (Phi) is 4.44. The molecule has 1 aromatic rings. The summed E-state index contributed by atoms with van der Waals surface area (Å²) in [6.07, 6.45) is 7.90. The van der Waals surface area contributed by atoms with Crippen molar-refractivity contribution in [1.82, 2.24) is 5.32 Å². The van der Waals surface area contributed by atoms with E-state index in [1.165, 1.54) is 36.6 Å². The van der Waals surface area contributed by atoms with Crippen LogP contribution in [0.3, 0.4) is 0 Å². The standard InChI is InChI=1S/C15H19NO3/c17-13-8-12(9-14(18)10-13)15(19)16-7-6-11-4-2-1-3-5-11/h4,8-10,17-18H,1-3,5-7H2,(H,16,19). The van der Waals surface area contributed by atoms with Gasteiger partial charge in [0, 0.05) is 18.2 Å². The Balaban J connectivity index is 1.85. The lowest BCUT2D eigenvalue weighted by molar-refractivity contribution is 0.0953. The van der Waals surface area contributed by atoms with Crippen molar-refractivity contribution in [1.29, 1.82) is 0 Å². The first kappa shape index (κ1) is 13.5. The second-order valence-corrected chi connectivity index (χ2v) is 4.85. The third kappa shape index (κ3) is 4.02. The number of phenolic OH excluding ortho intramolecular Hbond substituents is 2. The fraction of sp³-hybridized carbons (Fsp3) is 0.400. The molecule has 0 saturated carbocycles. The first-order valence-corrected chi connectivity index (χ1v) is 6.64. The van der Waals surface area contributed by atoms with Crippen LogP contribution in [0.1, 0.15) is 42.5 Å². The van der Waals surface area contributed by atoms with Crippen LogP contribution in [0.15, 0.2) is 29.8 Å². The van der Waals surface area contributed by atoms with Crippen LogP contribution in [0, 0.1) is 0 Å². The second kappa shape index (κ2) is 6.27. The maximum absolute atomic E-state index is 11.8. The zero-order chi connectivity index (χ0) is 13.7. The molecule has 0 radical (unpaired) electrons. The van der Waals surface area contributed by atoms with Crippen LogP contribution in [0.25, 0.3) is 0 Å². The van der Waals surface area contributed by atoms with E-state index in [1.807, 2.05) is 0 Å². The molecule has 2 rings (SSSR count). The van der Waals surface area contributed by atoms with Gasteiger partial charge in [0.15, 0.2) is 0 Å². The molecule has 1 amide bonds. The summed E-state index contributed by atoms with van der Waals surface area (Å²) in [6.45, 7) is 0.584. The van der Waals surface area contributed by atoms with Gasteiger partial charge >= 0.3 is 0 Å². The molecule has 0 atom stereocenters. The molecule has 4 heteroatoms. The molecule has 0 spiro atoms. The van der Waals surface area contributed by atoms with Crippen molar-refractivity contribution in [3.63, 3.8) is 0 Å². The molecule has 0 fully saturated rings. The van der Waals surface area contributed by atoms with E-state index in [1.54, 1.807) is 0 Å². The number of carbonyl (C=O) groups excluding carboxylic acids is 1. The third-order valence-electron chi connectivity index (χ3n) is 3.28. The molecule has 19 heavy (non-hydrogen) atoms. The average Bonchev–Trinajstić information content (AvgIpc) is 2.38. The normalized spacial score (nSPS) is 14.8. The Bertz CT molecular complexity index is 474. The van der Waals surface area contributed by atoms with Crippen molar-refractivity contribution in [3.05, 3.63) is 35.4 Å². The fourth-order valence-corrected chi connectivity index (χ4v) is 2.30.